The highest BCUT2D eigenvalue weighted by atomic mass is 32.1. The van der Waals surface area contributed by atoms with Crippen molar-refractivity contribution < 1.29 is 4.79 Å². The lowest BCUT2D eigenvalue weighted by molar-refractivity contribution is -0.117. The smallest absolute Gasteiger partial charge is 0.262 e. The molecule has 122 valence electrons. The molecule has 3 rings (SSSR count). The van der Waals surface area contributed by atoms with Crippen molar-refractivity contribution in [2.45, 2.75) is 6.54 Å². The number of nitrogens with one attached hydrogen (secondary N) is 1. The molecule has 0 atom stereocenters. The van der Waals surface area contributed by atoms with Crippen LogP contribution in [0, 0.1) is 11.3 Å². The first-order valence-corrected chi connectivity index (χ1v) is 8.45. The summed E-state index contributed by atoms with van der Waals surface area (Å²) in [5.74, 6) is -0.418. The van der Waals surface area contributed by atoms with Crippen LogP contribution >= 0.6 is 11.3 Å². The maximum atomic E-state index is 12.2. The van der Waals surface area contributed by atoms with E-state index in [9.17, 15) is 10.1 Å². The Morgan fingerprint density at radius 1 is 1.20 bits per heavy atom. The van der Waals surface area contributed by atoms with Crippen molar-refractivity contribution >= 4 is 23.3 Å². The Kier molecular flexibility index (Phi) is 5.29. The lowest BCUT2D eigenvalue weighted by Crippen LogP contribution is -2.24. The first-order valence-electron chi connectivity index (χ1n) is 7.57. The number of hydrogen-bond donors (Lipinski definition) is 1. The van der Waals surface area contributed by atoms with Gasteiger partial charge in [0, 0.05) is 11.6 Å². The second kappa shape index (κ2) is 7.99. The quantitative estimate of drug-likeness (QED) is 0.567. The zero-order valence-corrected chi connectivity index (χ0v) is 14.0. The van der Waals surface area contributed by atoms with Crippen LogP contribution in [0.15, 0.2) is 65.7 Å². The van der Waals surface area contributed by atoms with E-state index in [0.717, 1.165) is 22.0 Å². The fourth-order valence-corrected chi connectivity index (χ4v) is 2.92. The van der Waals surface area contributed by atoms with Crippen molar-refractivity contribution in [1.82, 2.24) is 15.3 Å². The van der Waals surface area contributed by atoms with Crippen LogP contribution in [0.3, 0.4) is 0 Å². The number of amides is 1. The number of rotatable bonds is 5. The number of thiazole rings is 1. The minimum absolute atomic E-state index is 0.0615. The molecule has 3 aromatic rings. The minimum atomic E-state index is -0.418. The third-order valence-electron chi connectivity index (χ3n) is 3.34. The first kappa shape index (κ1) is 16.6. The van der Waals surface area contributed by atoms with Crippen LogP contribution in [-0.4, -0.2) is 15.9 Å². The standard InChI is InChI=1S/C19H14N4OS/c20-11-15(10-14-6-2-1-3-7-14)18(24)22-12-16-13-25-19(23-16)17-8-4-5-9-21-17/h1-10,13H,12H2,(H,22,24)/b15-10+. The molecule has 0 saturated carbocycles. The highest BCUT2D eigenvalue weighted by Crippen LogP contribution is 2.21. The number of nitrogens with zero attached hydrogens (tertiary/aromatic N) is 3. The number of aromatic nitrogens is 2. The van der Waals surface area contributed by atoms with Gasteiger partial charge in [-0.2, -0.15) is 5.26 Å². The van der Waals surface area contributed by atoms with Crippen LogP contribution in [0.1, 0.15) is 11.3 Å². The Bertz CT molecular complexity index is 927. The average Bonchev–Trinajstić information content (AvgIpc) is 3.15. The van der Waals surface area contributed by atoms with Crippen LogP contribution in [0.4, 0.5) is 0 Å². The number of benzene rings is 1. The molecule has 5 nitrogen and oxygen atoms in total. The van der Waals surface area contributed by atoms with Gasteiger partial charge in [0.25, 0.3) is 5.91 Å². The molecule has 1 amide bonds. The second-order valence-electron chi connectivity index (χ2n) is 5.12. The number of nitriles is 1. The van der Waals surface area contributed by atoms with E-state index in [1.54, 1.807) is 12.3 Å². The summed E-state index contributed by atoms with van der Waals surface area (Å²) in [6.45, 7) is 0.260. The van der Waals surface area contributed by atoms with E-state index in [1.165, 1.54) is 11.3 Å². The van der Waals surface area contributed by atoms with Gasteiger partial charge in [-0.25, -0.2) is 4.98 Å². The topological polar surface area (TPSA) is 78.7 Å². The minimum Gasteiger partial charge on any atom is -0.346 e. The molecular formula is C19H14N4OS. The van der Waals surface area contributed by atoms with Gasteiger partial charge in [-0.15, -0.1) is 11.3 Å². The summed E-state index contributed by atoms with van der Waals surface area (Å²) in [5, 5.41) is 14.6. The van der Waals surface area contributed by atoms with Crippen LogP contribution in [-0.2, 0) is 11.3 Å². The van der Waals surface area contributed by atoms with E-state index in [-0.39, 0.29) is 12.1 Å². The van der Waals surface area contributed by atoms with E-state index in [0.29, 0.717) is 0 Å². The monoisotopic (exact) mass is 346 g/mol. The number of carbonyl (C=O) groups is 1. The predicted molar refractivity (Wildman–Crippen MR) is 97.2 cm³/mol. The van der Waals surface area contributed by atoms with E-state index in [2.05, 4.69) is 15.3 Å². The third kappa shape index (κ3) is 4.37. The molecule has 0 saturated heterocycles. The SMILES string of the molecule is N#C/C(=C\c1ccccc1)C(=O)NCc1csc(-c2ccccn2)n1. The molecule has 2 heterocycles. The van der Waals surface area contributed by atoms with Crippen LogP contribution < -0.4 is 5.32 Å². The van der Waals surface area contributed by atoms with Crippen LogP contribution in [0.5, 0.6) is 0 Å². The second-order valence-corrected chi connectivity index (χ2v) is 5.98. The maximum Gasteiger partial charge on any atom is 0.262 e. The van der Waals surface area contributed by atoms with Gasteiger partial charge in [0.05, 0.1) is 17.9 Å². The molecule has 0 fully saturated rings. The molecule has 1 aromatic carbocycles. The van der Waals surface area contributed by atoms with Gasteiger partial charge < -0.3 is 5.32 Å². The maximum absolute atomic E-state index is 12.2. The van der Waals surface area contributed by atoms with Gasteiger partial charge in [-0.05, 0) is 23.8 Å². The number of hydrogen-bond acceptors (Lipinski definition) is 5. The average molecular weight is 346 g/mol. The molecule has 2 aromatic heterocycles. The molecule has 0 bridgehead atoms. The van der Waals surface area contributed by atoms with E-state index in [4.69, 9.17) is 0 Å². The summed E-state index contributed by atoms with van der Waals surface area (Å²) >= 11 is 1.47. The highest BCUT2D eigenvalue weighted by Gasteiger charge is 2.11. The van der Waals surface area contributed by atoms with E-state index in [1.807, 2.05) is 60.0 Å². The Labute approximate surface area is 149 Å². The Morgan fingerprint density at radius 3 is 2.72 bits per heavy atom. The summed E-state index contributed by atoms with van der Waals surface area (Å²) in [6, 6.07) is 16.8. The molecule has 6 heteroatoms. The lowest BCUT2D eigenvalue weighted by atomic mass is 10.1. The molecule has 0 aliphatic carbocycles. The summed E-state index contributed by atoms with van der Waals surface area (Å²) < 4.78 is 0. The predicted octanol–water partition coefficient (Wildman–Crippen LogP) is 3.43. The summed E-state index contributed by atoms with van der Waals surface area (Å²) in [7, 11) is 0. The molecule has 0 aliphatic heterocycles. The zero-order chi connectivity index (χ0) is 17.5. The van der Waals surface area contributed by atoms with Crippen molar-refractivity contribution in [3.63, 3.8) is 0 Å². The first-order chi connectivity index (χ1) is 12.3. The fourth-order valence-electron chi connectivity index (χ4n) is 2.13. The highest BCUT2D eigenvalue weighted by molar-refractivity contribution is 7.13. The lowest BCUT2D eigenvalue weighted by Gasteiger charge is -2.02. The van der Waals surface area contributed by atoms with Gasteiger partial charge in [0.15, 0.2) is 0 Å². The Hall–Kier alpha value is -3.30. The summed E-state index contributed by atoms with van der Waals surface area (Å²) in [4.78, 5) is 20.9. The van der Waals surface area contributed by atoms with Crippen molar-refractivity contribution in [3.8, 4) is 16.8 Å². The summed E-state index contributed by atoms with van der Waals surface area (Å²) in [5.41, 5.74) is 2.40. The van der Waals surface area contributed by atoms with Gasteiger partial charge in [0.1, 0.15) is 16.6 Å². The van der Waals surface area contributed by atoms with E-state index >= 15 is 0 Å². The van der Waals surface area contributed by atoms with Crippen LogP contribution in [0.2, 0.25) is 0 Å². The largest absolute Gasteiger partial charge is 0.346 e. The Balaban J connectivity index is 1.65. The molecule has 0 radical (unpaired) electrons. The van der Waals surface area contributed by atoms with Crippen LogP contribution in [0.25, 0.3) is 16.8 Å². The number of carbonyl (C=O) groups excluding carboxylic acids is 1. The molecule has 1 N–H and O–H groups in total. The third-order valence-corrected chi connectivity index (χ3v) is 4.26. The molecule has 0 unspecified atom stereocenters. The van der Waals surface area contributed by atoms with E-state index < -0.39 is 5.91 Å². The fraction of sp³-hybridized carbons (Fsp3) is 0.0526. The number of pyridine rings is 1. The molecule has 25 heavy (non-hydrogen) atoms. The molecular weight excluding hydrogens is 332 g/mol. The van der Waals surface area contributed by atoms with Crippen molar-refractivity contribution in [2.24, 2.45) is 0 Å². The van der Waals surface area contributed by atoms with Gasteiger partial charge in [-0.1, -0.05) is 36.4 Å². The normalized spacial score (nSPS) is 10.9. The zero-order valence-electron chi connectivity index (χ0n) is 13.2. The molecule has 0 aliphatic rings. The summed E-state index contributed by atoms with van der Waals surface area (Å²) in [6.07, 6.45) is 3.28. The Morgan fingerprint density at radius 2 is 2.00 bits per heavy atom. The van der Waals surface area contributed by atoms with Gasteiger partial charge in [-0.3, -0.25) is 9.78 Å². The molecule has 0 spiro atoms. The van der Waals surface area contributed by atoms with Crippen molar-refractivity contribution in [2.75, 3.05) is 0 Å². The van der Waals surface area contributed by atoms with Gasteiger partial charge in [0.2, 0.25) is 0 Å². The van der Waals surface area contributed by atoms with Gasteiger partial charge >= 0.3 is 0 Å². The van der Waals surface area contributed by atoms with Crippen molar-refractivity contribution in [3.05, 3.63) is 76.9 Å². The van der Waals surface area contributed by atoms with Crippen molar-refractivity contribution in [1.29, 1.82) is 5.26 Å².